The van der Waals surface area contributed by atoms with E-state index in [-0.39, 0.29) is 18.3 Å². The highest BCUT2D eigenvalue weighted by Gasteiger charge is 2.34. The van der Waals surface area contributed by atoms with Crippen molar-refractivity contribution in [3.63, 3.8) is 0 Å². The van der Waals surface area contributed by atoms with Gasteiger partial charge in [-0.05, 0) is 37.0 Å². The molecule has 110 valence electrons. The molecule has 5 heteroatoms. The molecule has 2 rings (SSSR count). The topological polar surface area (TPSA) is 55.6 Å². The Balaban J connectivity index is 1.92. The van der Waals surface area contributed by atoms with Crippen LogP contribution in [-0.4, -0.2) is 43.2 Å². The van der Waals surface area contributed by atoms with Gasteiger partial charge in [0, 0.05) is 19.7 Å². The van der Waals surface area contributed by atoms with Crippen molar-refractivity contribution in [1.29, 1.82) is 0 Å². The average molecular weight is 280 g/mol. The third-order valence-electron chi connectivity index (χ3n) is 3.49. The van der Waals surface area contributed by atoms with Gasteiger partial charge >= 0.3 is 0 Å². The Kier molecular flexibility index (Phi) is 5.09. The van der Waals surface area contributed by atoms with Crippen molar-refractivity contribution >= 4 is 5.91 Å². The monoisotopic (exact) mass is 280 g/mol. The van der Waals surface area contributed by atoms with E-state index in [9.17, 15) is 9.18 Å². The Hall–Kier alpha value is -1.46. The lowest BCUT2D eigenvalue weighted by molar-refractivity contribution is -0.134. The fourth-order valence-corrected chi connectivity index (χ4v) is 2.22. The number of carbonyl (C=O) groups excluding carboxylic acids is 1. The molecule has 1 aromatic rings. The van der Waals surface area contributed by atoms with Crippen LogP contribution in [0.1, 0.15) is 18.4 Å². The summed E-state index contributed by atoms with van der Waals surface area (Å²) >= 11 is 0. The average Bonchev–Trinajstić information content (AvgIpc) is 3.26. The first-order chi connectivity index (χ1) is 9.61. The highest BCUT2D eigenvalue weighted by atomic mass is 19.1. The molecule has 0 aromatic heterocycles. The summed E-state index contributed by atoms with van der Waals surface area (Å²) < 4.78 is 17.8. The molecule has 0 bridgehead atoms. The number of rotatable bonds is 7. The molecule has 1 saturated carbocycles. The molecule has 0 radical (unpaired) electrons. The molecule has 1 atom stereocenters. The lowest BCUT2D eigenvalue weighted by Gasteiger charge is -2.25. The maximum absolute atomic E-state index is 12.8. The summed E-state index contributed by atoms with van der Waals surface area (Å²) in [5.74, 6) is -0.303. The molecule has 1 fully saturated rings. The number of halogens is 1. The van der Waals surface area contributed by atoms with Gasteiger partial charge in [0.05, 0.1) is 6.61 Å². The lowest BCUT2D eigenvalue weighted by atomic mass is 10.1. The summed E-state index contributed by atoms with van der Waals surface area (Å²) in [6.07, 6.45) is 2.78. The summed E-state index contributed by atoms with van der Waals surface area (Å²) in [5.41, 5.74) is 6.84. The van der Waals surface area contributed by atoms with Crippen LogP contribution >= 0.6 is 0 Å². The van der Waals surface area contributed by atoms with Crippen LogP contribution in [0.15, 0.2) is 24.3 Å². The van der Waals surface area contributed by atoms with Crippen molar-refractivity contribution in [2.24, 2.45) is 5.73 Å². The van der Waals surface area contributed by atoms with Crippen LogP contribution in [0.4, 0.5) is 4.39 Å². The van der Waals surface area contributed by atoms with Crippen LogP contribution in [0.5, 0.6) is 0 Å². The minimum absolute atomic E-state index is 0.0588. The summed E-state index contributed by atoms with van der Waals surface area (Å²) in [6.45, 7) is 0.852. The molecule has 0 saturated heterocycles. The first kappa shape index (κ1) is 14.9. The second-order valence-electron chi connectivity index (χ2n) is 5.20. The van der Waals surface area contributed by atoms with E-state index in [1.54, 1.807) is 12.1 Å². The molecule has 0 aliphatic heterocycles. The number of methoxy groups -OCH3 is 1. The van der Waals surface area contributed by atoms with Gasteiger partial charge in [0.2, 0.25) is 5.91 Å². The number of carbonyl (C=O) groups is 1. The van der Waals surface area contributed by atoms with Gasteiger partial charge in [0.25, 0.3) is 0 Å². The predicted molar refractivity (Wildman–Crippen MR) is 74.7 cm³/mol. The molecule has 0 spiro atoms. The van der Waals surface area contributed by atoms with Gasteiger partial charge in [-0.25, -0.2) is 4.39 Å². The quantitative estimate of drug-likeness (QED) is 0.820. The molecule has 1 unspecified atom stereocenters. The number of nitrogens with zero attached hydrogens (tertiary/aromatic N) is 1. The highest BCUT2D eigenvalue weighted by Crippen LogP contribution is 2.27. The van der Waals surface area contributed by atoms with Gasteiger partial charge in [0.1, 0.15) is 11.9 Å². The summed E-state index contributed by atoms with van der Waals surface area (Å²) in [6, 6.07) is 6.09. The van der Waals surface area contributed by atoms with Crippen molar-refractivity contribution in [2.75, 3.05) is 20.3 Å². The number of benzene rings is 1. The smallest absolute Gasteiger partial charge is 0.242 e. The van der Waals surface area contributed by atoms with Gasteiger partial charge < -0.3 is 15.4 Å². The normalized spacial score (nSPS) is 15.9. The lowest BCUT2D eigenvalue weighted by Crippen LogP contribution is -2.47. The number of nitrogens with two attached hydrogens (primary N) is 1. The van der Waals surface area contributed by atoms with Crippen LogP contribution in [0.2, 0.25) is 0 Å². The third kappa shape index (κ3) is 4.02. The van der Waals surface area contributed by atoms with Crippen LogP contribution in [0.3, 0.4) is 0 Å². The summed E-state index contributed by atoms with van der Waals surface area (Å²) in [4.78, 5) is 14.1. The number of ether oxygens (including phenoxy) is 1. The van der Waals surface area contributed by atoms with Crippen molar-refractivity contribution in [1.82, 2.24) is 4.90 Å². The van der Waals surface area contributed by atoms with E-state index in [4.69, 9.17) is 10.5 Å². The second kappa shape index (κ2) is 6.81. The zero-order valence-corrected chi connectivity index (χ0v) is 11.7. The Morgan fingerprint density at radius 1 is 1.45 bits per heavy atom. The van der Waals surface area contributed by atoms with E-state index in [1.807, 2.05) is 4.90 Å². The van der Waals surface area contributed by atoms with Crippen molar-refractivity contribution < 1.29 is 13.9 Å². The van der Waals surface area contributed by atoms with E-state index in [0.29, 0.717) is 19.0 Å². The SMILES string of the molecule is COCC(N)C(=O)N(CCc1ccc(F)cc1)C1CC1. The van der Waals surface area contributed by atoms with Crippen LogP contribution < -0.4 is 5.73 Å². The van der Waals surface area contributed by atoms with Crippen molar-refractivity contribution in [3.05, 3.63) is 35.6 Å². The van der Waals surface area contributed by atoms with Gasteiger partial charge in [-0.3, -0.25) is 4.79 Å². The van der Waals surface area contributed by atoms with Crippen molar-refractivity contribution in [3.8, 4) is 0 Å². The Labute approximate surface area is 118 Å². The minimum Gasteiger partial charge on any atom is -0.383 e. The molecule has 0 heterocycles. The molecule has 4 nitrogen and oxygen atoms in total. The summed E-state index contributed by atoms with van der Waals surface area (Å²) in [5, 5.41) is 0. The molecule has 1 amide bonds. The molecular weight excluding hydrogens is 259 g/mol. The van der Waals surface area contributed by atoms with E-state index < -0.39 is 6.04 Å². The van der Waals surface area contributed by atoms with E-state index in [0.717, 1.165) is 18.4 Å². The molecular formula is C15H21FN2O2. The molecule has 2 N–H and O–H groups in total. The number of hydrogen-bond acceptors (Lipinski definition) is 3. The first-order valence-corrected chi connectivity index (χ1v) is 6.91. The maximum Gasteiger partial charge on any atom is 0.242 e. The molecule has 1 aromatic carbocycles. The van der Waals surface area contributed by atoms with Gasteiger partial charge in [-0.2, -0.15) is 0 Å². The van der Waals surface area contributed by atoms with Crippen LogP contribution in [-0.2, 0) is 16.0 Å². The third-order valence-corrected chi connectivity index (χ3v) is 3.49. The molecule has 1 aliphatic rings. The van der Waals surface area contributed by atoms with Crippen LogP contribution in [0, 0.1) is 5.82 Å². The number of amides is 1. The second-order valence-corrected chi connectivity index (χ2v) is 5.20. The fraction of sp³-hybridized carbons (Fsp3) is 0.533. The highest BCUT2D eigenvalue weighted by molar-refractivity contribution is 5.82. The van der Waals surface area contributed by atoms with Gasteiger partial charge in [-0.15, -0.1) is 0 Å². The maximum atomic E-state index is 12.8. The zero-order valence-electron chi connectivity index (χ0n) is 11.7. The Morgan fingerprint density at radius 3 is 2.65 bits per heavy atom. The van der Waals surface area contributed by atoms with E-state index in [1.165, 1.54) is 19.2 Å². The fourth-order valence-electron chi connectivity index (χ4n) is 2.22. The van der Waals surface area contributed by atoms with Crippen LogP contribution in [0.25, 0.3) is 0 Å². The predicted octanol–water partition coefficient (Wildman–Crippen LogP) is 1.33. The minimum atomic E-state index is -0.603. The number of hydrogen-bond donors (Lipinski definition) is 1. The zero-order chi connectivity index (χ0) is 14.5. The van der Waals surface area contributed by atoms with E-state index in [2.05, 4.69) is 0 Å². The summed E-state index contributed by atoms with van der Waals surface area (Å²) in [7, 11) is 1.53. The molecule has 1 aliphatic carbocycles. The van der Waals surface area contributed by atoms with Crippen molar-refractivity contribution in [2.45, 2.75) is 31.3 Å². The van der Waals surface area contributed by atoms with E-state index >= 15 is 0 Å². The Morgan fingerprint density at radius 2 is 2.10 bits per heavy atom. The standard InChI is InChI=1S/C15H21FN2O2/c1-20-10-14(17)15(19)18(13-6-7-13)9-8-11-2-4-12(16)5-3-11/h2-5,13-14H,6-10,17H2,1H3. The first-order valence-electron chi connectivity index (χ1n) is 6.91. The van der Waals surface area contributed by atoms with Gasteiger partial charge in [0.15, 0.2) is 0 Å². The largest absolute Gasteiger partial charge is 0.383 e. The van der Waals surface area contributed by atoms with Gasteiger partial charge in [-0.1, -0.05) is 12.1 Å². The molecule has 20 heavy (non-hydrogen) atoms. The Bertz CT molecular complexity index is 446.